The highest BCUT2D eigenvalue weighted by Crippen LogP contribution is 2.46. The Morgan fingerprint density at radius 2 is 2.20 bits per heavy atom. The van der Waals surface area contributed by atoms with Crippen LogP contribution in [0.5, 0.6) is 11.5 Å². The van der Waals surface area contributed by atoms with Crippen molar-refractivity contribution in [3.05, 3.63) is 22.7 Å². The van der Waals surface area contributed by atoms with Crippen molar-refractivity contribution in [2.45, 2.75) is 18.9 Å². The minimum absolute atomic E-state index is 0.0513. The molecular weight excluding hydrogens is 214 g/mol. The van der Waals surface area contributed by atoms with E-state index in [4.69, 9.17) is 22.1 Å². The van der Waals surface area contributed by atoms with Gasteiger partial charge in [0.15, 0.2) is 0 Å². The Kier molecular flexibility index (Phi) is 2.76. The molecule has 1 aliphatic carbocycles. The van der Waals surface area contributed by atoms with Crippen LogP contribution >= 0.6 is 11.6 Å². The van der Waals surface area contributed by atoms with Crippen LogP contribution in [-0.4, -0.2) is 12.2 Å². The first-order valence-corrected chi connectivity index (χ1v) is 5.34. The summed E-state index contributed by atoms with van der Waals surface area (Å²) in [5, 5.41) is 10.2. The lowest BCUT2D eigenvalue weighted by atomic mass is 10.0. The second-order valence-corrected chi connectivity index (χ2v) is 4.28. The van der Waals surface area contributed by atoms with E-state index in [0.717, 1.165) is 12.8 Å². The van der Waals surface area contributed by atoms with Crippen molar-refractivity contribution in [1.29, 1.82) is 0 Å². The SMILES string of the molecule is COc1ccc(Cl)c(O)c1[C@H](N)C1CC1. The lowest BCUT2D eigenvalue weighted by Crippen LogP contribution is -2.14. The van der Waals surface area contributed by atoms with Crippen molar-refractivity contribution < 1.29 is 9.84 Å². The number of benzene rings is 1. The number of hydrogen-bond donors (Lipinski definition) is 2. The molecule has 82 valence electrons. The third kappa shape index (κ3) is 1.90. The van der Waals surface area contributed by atoms with Crippen LogP contribution in [-0.2, 0) is 0 Å². The molecule has 3 N–H and O–H groups in total. The van der Waals surface area contributed by atoms with Crippen molar-refractivity contribution in [2.75, 3.05) is 7.11 Å². The zero-order valence-corrected chi connectivity index (χ0v) is 9.29. The zero-order valence-electron chi connectivity index (χ0n) is 8.53. The summed E-state index contributed by atoms with van der Waals surface area (Å²) in [5.41, 5.74) is 6.68. The molecule has 1 aromatic carbocycles. The molecule has 0 bridgehead atoms. The fourth-order valence-electron chi connectivity index (χ4n) is 1.75. The number of hydrogen-bond acceptors (Lipinski definition) is 3. The molecule has 4 heteroatoms. The summed E-state index contributed by atoms with van der Waals surface area (Å²) in [4.78, 5) is 0. The fraction of sp³-hybridized carbons (Fsp3) is 0.455. The molecular formula is C11H14ClNO2. The molecule has 2 rings (SSSR count). The molecule has 0 spiro atoms. The number of aromatic hydroxyl groups is 1. The Morgan fingerprint density at radius 1 is 1.53 bits per heavy atom. The average Bonchev–Trinajstić information content (AvgIpc) is 3.04. The molecule has 0 aromatic heterocycles. The molecule has 1 aromatic rings. The number of ether oxygens (including phenoxy) is 1. The maximum absolute atomic E-state index is 9.86. The number of methoxy groups -OCH3 is 1. The van der Waals surface area contributed by atoms with Gasteiger partial charge in [-0.3, -0.25) is 0 Å². The Balaban J connectivity index is 2.45. The first-order valence-electron chi connectivity index (χ1n) is 4.96. The predicted octanol–water partition coefficient (Wildman–Crippen LogP) is 2.46. The van der Waals surface area contributed by atoms with Crippen molar-refractivity contribution in [1.82, 2.24) is 0 Å². The topological polar surface area (TPSA) is 55.5 Å². The van der Waals surface area contributed by atoms with Crippen molar-refractivity contribution >= 4 is 11.6 Å². The lowest BCUT2D eigenvalue weighted by Gasteiger charge is -2.17. The van der Waals surface area contributed by atoms with Crippen LogP contribution in [0.15, 0.2) is 12.1 Å². The molecule has 0 aliphatic heterocycles. The Hall–Kier alpha value is -0.930. The number of halogens is 1. The van der Waals surface area contributed by atoms with E-state index in [1.165, 1.54) is 0 Å². The fourth-order valence-corrected chi connectivity index (χ4v) is 1.92. The standard InChI is InChI=1S/C11H14ClNO2/c1-15-8-5-4-7(12)11(14)9(8)10(13)6-2-3-6/h4-6,10,14H,2-3,13H2,1H3/t10-/m1/s1. The molecule has 1 saturated carbocycles. The maximum Gasteiger partial charge on any atom is 0.142 e. The van der Waals surface area contributed by atoms with Crippen LogP contribution in [0.2, 0.25) is 5.02 Å². The van der Waals surface area contributed by atoms with Gasteiger partial charge < -0.3 is 15.6 Å². The normalized spacial score (nSPS) is 17.5. The molecule has 3 nitrogen and oxygen atoms in total. The van der Waals surface area contributed by atoms with Crippen LogP contribution in [0.4, 0.5) is 0 Å². The van der Waals surface area contributed by atoms with Crippen LogP contribution < -0.4 is 10.5 Å². The van der Waals surface area contributed by atoms with Crippen LogP contribution in [0.25, 0.3) is 0 Å². The van der Waals surface area contributed by atoms with E-state index in [0.29, 0.717) is 22.3 Å². The summed E-state index contributed by atoms with van der Waals surface area (Å²) in [6.45, 7) is 0. The minimum Gasteiger partial charge on any atom is -0.506 e. The Morgan fingerprint density at radius 3 is 2.73 bits per heavy atom. The summed E-state index contributed by atoms with van der Waals surface area (Å²) < 4.78 is 5.18. The molecule has 15 heavy (non-hydrogen) atoms. The first-order chi connectivity index (χ1) is 7.15. The monoisotopic (exact) mass is 227 g/mol. The predicted molar refractivity (Wildman–Crippen MR) is 59.3 cm³/mol. The highest BCUT2D eigenvalue weighted by molar-refractivity contribution is 6.32. The van der Waals surface area contributed by atoms with E-state index >= 15 is 0 Å². The summed E-state index contributed by atoms with van der Waals surface area (Å²) in [7, 11) is 1.56. The molecule has 1 atom stereocenters. The highest BCUT2D eigenvalue weighted by atomic mass is 35.5. The van der Waals surface area contributed by atoms with Crippen molar-refractivity contribution in [2.24, 2.45) is 11.7 Å². The van der Waals surface area contributed by atoms with Gasteiger partial charge in [-0.1, -0.05) is 11.6 Å². The minimum atomic E-state index is -0.182. The second kappa shape index (κ2) is 3.91. The van der Waals surface area contributed by atoms with E-state index in [2.05, 4.69) is 0 Å². The molecule has 1 aliphatic rings. The molecule has 1 fully saturated rings. The smallest absolute Gasteiger partial charge is 0.142 e. The van der Waals surface area contributed by atoms with Gasteiger partial charge in [-0.2, -0.15) is 0 Å². The van der Waals surface area contributed by atoms with Crippen LogP contribution in [0.3, 0.4) is 0 Å². The van der Waals surface area contributed by atoms with Gasteiger partial charge in [0, 0.05) is 6.04 Å². The van der Waals surface area contributed by atoms with E-state index in [1.807, 2.05) is 0 Å². The number of nitrogens with two attached hydrogens (primary N) is 1. The van der Waals surface area contributed by atoms with Crippen LogP contribution in [0, 0.1) is 5.92 Å². The van der Waals surface area contributed by atoms with Crippen LogP contribution in [0.1, 0.15) is 24.4 Å². The molecule has 0 saturated heterocycles. The molecule has 0 amide bonds. The first kappa shape index (κ1) is 10.6. The van der Waals surface area contributed by atoms with E-state index in [1.54, 1.807) is 19.2 Å². The largest absolute Gasteiger partial charge is 0.506 e. The van der Waals surface area contributed by atoms with Gasteiger partial charge in [0.05, 0.1) is 17.7 Å². The lowest BCUT2D eigenvalue weighted by molar-refractivity contribution is 0.389. The third-order valence-corrected chi connectivity index (χ3v) is 3.12. The van der Waals surface area contributed by atoms with Gasteiger partial charge in [-0.05, 0) is 30.9 Å². The van der Waals surface area contributed by atoms with Crippen molar-refractivity contribution in [3.63, 3.8) is 0 Å². The zero-order chi connectivity index (χ0) is 11.0. The van der Waals surface area contributed by atoms with Gasteiger partial charge >= 0.3 is 0 Å². The maximum atomic E-state index is 9.86. The van der Waals surface area contributed by atoms with Gasteiger partial charge in [0.2, 0.25) is 0 Å². The molecule has 0 radical (unpaired) electrons. The summed E-state index contributed by atoms with van der Waals surface area (Å²) >= 11 is 5.85. The van der Waals surface area contributed by atoms with Crippen molar-refractivity contribution in [3.8, 4) is 11.5 Å². The molecule has 0 unspecified atom stereocenters. The van der Waals surface area contributed by atoms with Gasteiger partial charge in [-0.25, -0.2) is 0 Å². The Labute approximate surface area is 93.8 Å². The Bertz CT molecular complexity index is 377. The molecule has 0 heterocycles. The summed E-state index contributed by atoms with van der Waals surface area (Å²) in [5.74, 6) is 1.11. The second-order valence-electron chi connectivity index (χ2n) is 3.88. The average molecular weight is 228 g/mol. The summed E-state index contributed by atoms with van der Waals surface area (Å²) in [6, 6.07) is 3.16. The summed E-state index contributed by atoms with van der Waals surface area (Å²) in [6.07, 6.45) is 2.21. The third-order valence-electron chi connectivity index (χ3n) is 2.81. The van der Waals surface area contributed by atoms with Gasteiger partial charge in [0.1, 0.15) is 11.5 Å². The van der Waals surface area contributed by atoms with E-state index in [9.17, 15) is 5.11 Å². The number of phenols is 1. The van der Waals surface area contributed by atoms with E-state index < -0.39 is 0 Å². The number of phenolic OH excluding ortho intramolecular Hbond substituents is 1. The van der Waals surface area contributed by atoms with Gasteiger partial charge in [-0.15, -0.1) is 0 Å². The quantitative estimate of drug-likeness (QED) is 0.834. The highest BCUT2D eigenvalue weighted by Gasteiger charge is 2.33. The van der Waals surface area contributed by atoms with Gasteiger partial charge in [0.25, 0.3) is 0 Å². The van der Waals surface area contributed by atoms with E-state index in [-0.39, 0.29) is 11.8 Å². The number of rotatable bonds is 3.